The van der Waals surface area contributed by atoms with E-state index in [-0.39, 0.29) is 23.4 Å². The third kappa shape index (κ3) is 3.17. The van der Waals surface area contributed by atoms with Crippen LogP contribution in [-0.4, -0.2) is 26.1 Å². The molecule has 0 bridgehead atoms. The van der Waals surface area contributed by atoms with Crippen molar-refractivity contribution in [2.45, 2.75) is 52.4 Å². The predicted molar refractivity (Wildman–Crippen MR) is 100 cm³/mol. The van der Waals surface area contributed by atoms with Gasteiger partial charge in [-0.25, -0.2) is 4.98 Å². The minimum Gasteiger partial charge on any atom is -0.339 e. The Balaban J connectivity index is 1.67. The minimum atomic E-state index is -4.37. The van der Waals surface area contributed by atoms with Crippen molar-refractivity contribution in [3.63, 3.8) is 0 Å². The SMILES string of the molecule is Cc1cc(C(=O)Cn2cnc3sc4c(c3c2=O)CCC4)c(C)n1CC(F)(F)F. The highest BCUT2D eigenvalue weighted by molar-refractivity contribution is 7.18. The summed E-state index contributed by atoms with van der Waals surface area (Å²) in [5, 5.41) is 0.579. The van der Waals surface area contributed by atoms with E-state index >= 15 is 0 Å². The standard InChI is InChI=1S/C19H18F3N3O2S/c1-10-6-13(11(2)25(10)8-19(20,21)22)14(26)7-24-9-23-17-16(18(24)27)12-4-3-5-15(12)28-17/h6,9H,3-5,7-8H2,1-2H3. The van der Waals surface area contributed by atoms with Crippen LogP contribution in [0, 0.1) is 13.8 Å². The molecule has 0 aromatic carbocycles. The molecule has 3 heterocycles. The zero-order valence-electron chi connectivity index (χ0n) is 15.4. The van der Waals surface area contributed by atoms with Gasteiger partial charge in [-0.1, -0.05) is 0 Å². The Hall–Kier alpha value is -2.42. The molecule has 0 amide bonds. The molecule has 148 valence electrons. The maximum absolute atomic E-state index is 12.9. The van der Waals surface area contributed by atoms with Gasteiger partial charge in [0.2, 0.25) is 0 Å². The van der Waals surface area contributed by atoms with Crippen LogP contribution in [0.3, 0.4) is 0 Å². The van der Waals surface area contributed by atoms with Crippen LogP contribution < -0.4 is 5.56 Å². The number of carbonyl (C=O) groups is 1. The van der Waals surface area contributed by atoms with Gasteiger partial charge >= 0.3 is 6.18 Å². The van der Waals surface area contributed by atoms with E-state index < -0.39 is 18.5 Å². The molecular weight excluding hydrogens is 391 g/mol. The number of hydrogen-bond donors (Lipinski definition) is 0. The van der Waals surface area contributed by atoms with E-state index in [0.717, 1.165) is 29.4 Å². The van der Waals surface area contributed by atoms with Crippen molar-refractivity contribution in [1.29, 1.82) is 0 Å². The van der Waals surface area contributed by atoms with E-state index in [2.05, 4.69) is 4.98 Å². The summed E-state index contributed by atoms with van der Waals surface area (Å²) in [7, 11) is 0. The summed E-state index contributed by atoms with van der Waals surface area (Å²) in [5.41, 5.74) is 1.57. The predicted octanol–water partition coefficient (Wildman–Crippen LogP) is 3.81. The Bertz CT molecular complexity index is 1150. The van der Waals surface area contributed by atoms with Crippen molar-refractivity contribution in [2.75, 3.05) is 0 Å². The van der Waals surface area contributed by atoms with Gasteiger partial charge in [0, 0.05) is 21.8 Å². The van der Waals surface area contributed by atoms with Gasteiger partial charge in [-0.3, -0.25) is 14.2 Å². The molecule has 0 radical (unpaired) electrons. The van der Waals surface area contributed by atoms with Crippen LogP contribution in [0.1, 0.15) is 38.6 Å². The van der Waals surface area contributed by atoms with Crippen molar-refractivity contribution in [3.8, 4) is 0 Å². The number of ketones is 1. The Morgan fingerprint density at radius 2 is 2.04 bits per heavy atom. The Morgan fingerprint density at radius 3 is 2.75 bits per heavy atom. The zero-order valence-corrected chi connectivity index (χ0v) is 16.2. The fourth-order valence-electron chi connectivity index (χ4n) is 3.88. The number of Topliss-reactive ketones (excluding diaryl/α,β-unsaturated/α-hetero) is 1. The maximum Gasteiger partial charge on any atom is 0.406 e. The molecule has 9 heteroatoms. The van der Waals surface area contributed by atoms with E-state index in [1.807, 2.05) is 0 Å². The summed E-state index contributed by atoms with van der Waals surface area (Å²) in [5.74, 6) is -0.406. The topological polar surface area (TPSA) is 56.9 Å². The van der Waals surface area contributed by atoms with Crippen LogP contribution in [-0.2, 0) is 25.9 Å². The second-order valence-electron chi connectivity index (χ2n) is 7.12. The molecule has 1 aliphatic carbocycles. The van der Waals surface area contributed by atoms with Gasteiger partial charge in [-0.2, -0.15) is 13.2 Å². The van der Waals surface area contributed by atoms with Gasteiger partial charge in [0.1, 0.15) is 11.4 Å². The van der Waals surface area contributed by atoms with Crippen molar-refractivity contribution in [2.24, 2.45) is 0 Å². The molecule has 0 spiro atoms. The molecule has 3 aromatic heterocycles. The summed E-state index contributed by atoms with van der Waals surface area (Å²) in [6.07, 6.45) is -0.235. The molecule has 0 aliphatic heterocycles. The smallest absolute Gasteiger partial charge is 0.339 e. The first-order chi connectivity index (χ1) is 13.2. The fraction of sp³-hybridized carbons (Fsp3) is 0.421. The molecule has 28 heavy (non-hydrogen) atoms. The van der Waals surface area contributed by atoms with E-state index in [0.29, 0.717) is 15.9 Å². The van der Waals surface area contributed by atoms with Gasteiger partial charge in [-0.15, -0.1) is 11.3 Å². The Labute approximate surface area is 162 Å². The first kappa shape index (κ1) is 18.9. The lowest BCUT2D eigenvalue weighted by atomic mass is 10.1. The number of aromatic nitrogens is 3. The van der Waals surface area contributed by atoms with E-state index in [4.69, 9.17) is 0 Å². The summed E-state index contributed by atoms with van der Waals surface area (Å²) in [6, 6.07) is 1.45. The van der Waals surface area contributed by atoms with Gasteiger partial charge in [0.05, 0.1) is 18.3 Å². The number of rotatable bonds is 4. The van der Waals surface area contributed by atoms with Crippen molar-refractivity contribution >= 4 is 27.3 Å². The highest BCUT2D eigenvalue weighted by atomic mass is 32.1. The highest BCUT2D eigenvalue weighted by Gasteiger charge is 2.30. The Kier molecular flexibility index (Phi) is 4.45. The zero-order chi connectivity index (χ0) is 20.2. The molecule has 0 atom stereocenters. The largest absolute Gasteiger partial charge is 0.406 e. The lowest BCUT2D eigenvalue weighted by Crippen LogP contribution is -2.25. The van der Waals surface area contributed by atoms with E-state index in [9.17, 15) is 22.8 Å². The normalized spacial score (nSPS) is 14.0. The molecule has 5 nitrogen and oxygen atoms in total. The van der Waals surface area contributed by atoms with Crippen LogP contribution in [0.15, 0.2) is 17.2 Å². The molecule has 0 saturated heterocycles. The van der Waals surface area contributed by atoms with Crippen LogP contribution in [0.25, 0.3) is 10.2 Å². The molecule has 1 aliphatic rings. The lowest BCUT2D eigenvalue weighted by molar-refractivity contribution is -0.141. The minimum absolute atomic E-state index is 0.198. The molecule has 0 N–H and O–H groups in total. The number of hydrogen-bond acceptors (Lipinski definition) is 4. The number of nitrogens with zero attached hydrogens (tertiary/aromatic N) is 3. The van der Waals surface area contributed by atoms with Crippen molar-refractivity contribution in [1.82, 2.24) is 14.1 Å². The van der Waals surface area contributed by atoms with Crippen LogP contribution in [0.4, 0.5) is 13.2 Å². The summed E-state index contributed by atoms with van der Waals surface area (Å²) in [6.45, 7) is 1.63. The third-order valence-corrected chi connectivity index (χ3v) is 6.42. The van der Waals surface area contributed by atoms with Gasteiger partial charge < -0.3 is 4.57 Å². The first-order valence-corrected chi connectivity index (χ1v) is 9.73. The van der Waals surface area contributed by atoms with E-state index in [1.54, 1.807) is 0 Å². The lowest BCUT2D eigenvalue weighted by Gasteiger charge is -2.12. The monoisotopic (exact) mass is 409 g/mol. The molecule has 4 rings (SSSR count). The van der Waals surface area contributed by atoms with Gasteiger partial charge in [0.25, 0.3) is 5.56 Å². The average molecular weight is 409 g/mol. The number of thiophene rings is 1. The van der Waals surface area contributed by atoms with Gasteiger partial charge in [0.15, 0.2) is 5.78 Å². The molecule has 0 fully saturated rings. The highest BCUT2D eigenvalue weighted by Crippen LogP contribution is 2.34. The summed E-state index contributed by atoms with van der Waals surface area (Å²) in [4.78, 5) is 31.8. The number of carbonyl (C=O) groups excluding carboxylic acids is 1. The molecule has 3 aromatic rings. The van der Waals surface area contributed by atoms with Crippen molar-refractivity contribution in [3.05, 3.63) is 50.1 Å². The molecular formula is C19H18F3N3O2S. The van der Waals surface area contributed by atoms with Crippen LogP contribution in [0.2, 0.25) is 0 Å². The maximum atomic E-state index is 12.9. The quantitative estimate of drug-likeness (QED) is 0.616. The number of fused-ring (bicyclic) bond motifs is 3. The average Bonchev–Trinajstić information content (AvgIpc) is 3.25. The summed E-state index contributed by atoms with van der Waals surface area (Å²) >= 11 is 1.52. The Morgan fingerprint density at radius 1 is 1.29 bits per heavy atom. The number of halogens is 3. The van der Waals surface area contributed by atoms with Crippen molar-refractivity contribution < 1.29 is 18.0 Å². The fourth-order valence-corrected chi connectivity index (χ4v) is 5.10. The van der Waals surface area contributed by atoms with E-state index in [1.165, 1.54) is 47.0 Å². The second-order valence-corrected chi connectivity index (χ2v) is 8.21. The first-order valence-electron chi connectivity index (χ1n) is 8.92. The summed E-state index contributed by atoms with van der Waals surface area (Å²) < 4.78 is 40.7. The molecule has 0 unspecified atom stereocenters. The molecule has 0 saturated carbocycles. The van der Waals surface area contributed by atoms with Gasteiger partial charge in [-0.05, 0) is 44.7 Å². The third-order valence-electron chi connectivity index (χ3n) is 5.22. The van der Waals surface area contributed by atoms with Crippen LogP contribution in [0.5, 0.6) is 0 Å². The van der Waals surface area contributed by atoms with Crippen LogP contribution >= 0.6 is 11.3 Å². The number of alkyl halides is 3. The second kappa shape index (κ2) is 6.58. The number of aryl methyl sites for hydroxylation is 3.